The molecule has 0 bridgehead atoms. The molecule has 0 aliphatic carbocycles. The van der Waals surface area contributed by atoms with Crippen LogP contribution in [0.1, 0.15) is 0 Å². The molecule has 2 aromatic heterocycles. The smallest absolute Gasteiger partial charge is 0.0433 e. The third-order valence-corrected chi connectivity index (χ3v) is 15.9. The fourth-order valence-corrected chi connectivity index (χ4v) is 13.0. The Morgan fingerprint density at radius 2 is 0.597 bits per heavy atom. The maximum Gasteiger partial charge on any atom is 0.0433 e. The van der Waals surface area contributed by atoms with Gasteiger partial charge in [0.1, 0.15) is 0 Å². The SMILES string of the molecule is c1ccc(-c2cc(-c3ccc4sc5c6ccccc6ccc5c4c3)c3ccc4c(-c5ccccc5)cc(-c5ccc6sc7c8ccccc8ccc7c6c5)c5ccc2c3c45)cc1. The molecular weight excluding hydrogens is 785 g/mol. The molecule has 0 aliphatic rings. The Morgan fingerprint density at radius 3 is 1.03 bits per heavy atom. The molecule has 2 heterocycles. The lowest BCUT2D eigenvalue weighted by Crippen LogP contribution is -1.94. The van der Waals surface area contributed by atoms with Crippen molar-refractivity contribution in [3.63, 3.8) is 0 Å². The van der Waals surface area contributed by atoms with E-state index in [2.05, 4.69) is 206 Å². The summed E-state index contributed by atoms with van der Waals surface area (Å²) in [6.45, 7) is 0. The van der Waals surface area contributed by atoms with Crippen molar-refractivity contribution in [1.82, 2.24) is 0 Å². The second-order valence-electron chi connectivity index (χ2n) is 16.7. The van der Waals surface area contributed by atoms with Crippen LogP contribution < -0.4 is 0 Å². The molecule has 0 aliphatic heterocycles. The molecule has 0 N–H and O–H groups in total. The summed E-state index contributed by atoms with van der Waals surface area (Å²) in [5, 5.41) is 18.3. The summed E-state index contributed by atoms with van der Waals surface area (Å²) in [6.07, 6.45) is 0. The van der Waals surface area contributed by atoms with Crippen molar-refractivity contribution in [2.24, 2.45) is 0 Å². The summed E-state index contributed by atoms with van der Waals surface area (Å²) in [5.74, 6) is 0. The van der Waals surface area contributed by atoms with Crippen LogP contribution >= 0.6 is 22.7 Å². The van der Waals surface area contributed by atoms with Gasteiger partial charge < -0.3 is 0 Å². The minimum absolute atomic E-state index is 1.23. The van der Waals surface area contributed by atoms with E-state index in [1.807, 2.05) is 22.7 Å². The highest BCUT2D eigenvalue weighted by Crippen LogP contribution is 2.50. The molecular formula is C60H34S2. The number of thiophene rings is 2. The summed E-state index contributed by atoms with van der Waals surface area (Å²) in [6, 6.07) is 77.6. The average Bonchev–Trinajstić information content (AvgIpc) is 3.92. The van der Waals surface area contributed by atoms with Gasteiger partial charge in [-0.1, -0.05) is 170 Å². The monoisotopic (exact) mass is 818 g/mol. The number of hydrogen-bond donors (Lipinski definition) is 0. The van der Waals surface area contributed by atoms with Crippen LogP contribution in [-0.4, -0.2) is 0 Å². The molecule has 0 atom stereocenters. The van der Waals surface area contributed by atoms with Crippen molar-refractivity contribution < 1.29 is 0 Å². The third kappa shape index (κ3) is 4.94. The van der Waals surface area contributed by atoms with Crippen molar-refractivity contribution in [2.45, 2.75) is 0 Å². The van der Waals surface area contributed by atoms with E-state index in [1.54, 1.807) is 0 Å². The Balaban J connectivity index is 1.08. The molecule has 0 nitrogen and oxygen atoms in total. The first kappa shape index (κ1) is 34.4. The van der Waals surface area contributed by atoms with E-state index in [9.17, 15) is 0 Å². The first-order valence-electron chi connectivity index (χ1n) is 21.3. The molecule has 0 saturated carbocycles. The summed E-state index contributed by atoms with van der Waals surface area (Å²) < 4.78 is 5.36. The Bertz CT molecular complexity index is 3860. The Morgan fingerprint density at radius 1 is 0.226 bits per heavy atom. The van der Waals surface area contributed by atoms with E-state index in [1.165, 1.54) is 139 Å². The van der Waals surface area contributed by atoms with Crippen LogP contribution in [0.2, 0.25) is 0 Å². The average molecular weight is 819 g/mol. The standard InChI is InChI=1S/C60H34S2/c1-3-11-35(12-4-1)49-33-51(39-21-29-55-53(31-39)47-23-19-37-15-7-9-17-41(37)59(47)61-55)45-28-26-44-50(36-13-5-2-6-14-36)34-52(46-27-25-43(49)57(45)58(44)46)40-22-30-56-54(32-40)48-24-20-38-16-8-10-18-42(38)60(48)62-56/h1-34H. The van der Waals surface area contributed by atoms with Crippen LogP contribution in [0.25, 0.3) is 139 Å². The van der Waals surface area contributed by atoms with Gasteiger partial charge in [0.15, 0.2) is 0 Å². The molecule has 0 spiro atoms. The van der Waals surface area contributed by atoms with E-state index in [-0.39, 0.29) is 0 Å². The van der Waals surface area contributed by atoms with E-state index in [4.69, 9.17) is 0 Å². The first-order chi connectivity index (χ1) is 30.7. The Kier molecular flexibility index (Phi) is 7.24. The van der Waals surface area contributed by atoms with Crippen LogP contribution in [-0.2, 0) is 0 Å². The molecule has 12 aromatic carbocycles. The lowest BCUT2D eigenvalue weighted by atomic mass is 9.82. The van der Waals surface area contributed by atoms with Crippen molar-refractivity contribution in [2.75, 3.05) is 0 Å². The predicted octanol–water partition coefficient (Wildman–Crippen LogP) is 18.3. The van der Waals surface area contributed by atoms with Gasteiger partial charge in [-0.3, -0.25) is 0 Å². The molecule has 0 amide bonds. The summed E-state index contributed by atoms with van der Waals surface area (Å²) in [4.78, 5) is 0. The minimum Gasteiger partial charge on any atom is -0.135 e. The van der Waals surface area contributed by atoms with Crippen LogP contribution in [0.5, 0.6) is 0 Å². The van der Waals surface area contributed by atoms with Gasteiger partial charge in [-0.15, -0.1) is 22.7 Å². The van der Waals surface area contributed by atoms with Crippen molar-refractivity contribution in [1.29, 1.82) is 0 Å². The number of hydrogen-bond acceptors (Lipinski definition) is 2. The van der Waals surface area contributed by atoms with Crippen molar-refractivity contribution >= 4 is 117 Å². The van der Waals surface area contributed by atoms with Gasteiger partial charge in [0, 0.05) is 40.3 Å². The van der Waals surface area contributed by atoms with Crippen LogP contribution in [0.3, 0.4) is 0 Å². The van der Waals surface area contributed by atoms with Gasteiger partial charge in [0.05, 0.1) is 0 Å². The highest BCUT2D eigenvalue weighted by atomic mass is 32.1. The normalized spacial score (nSPS) is 12.2. The fraction of sp³-hybridized carbons (Fsp3) is 0. The summed E-state index contributed by atoms with van der Waals surface area (Å²) in [7, 11) is 0. The number of rotatable bonds is 4. The van der Waals surface area contributed by atoms with Gasteiger partial charge in [0.25, 0.3) is 0 Å². The largest absolute Gasteiger partial charge is 0.135 e. The summed E-state index contributed by atoms with van der Waals surface area (Å²) in [5.41, 5.74) is 9.98. The molecule has 62 heavy (non-hydrogen) atoms. The highest BCUT2D eigenvalue weighted by molar-refractivity contribution is 7.27. The van der Waals surface area contributed by atoms with Crippen LogP contribution in [0.15, 0.2) is 206 Å². The molecule has 14 aromatic rings. The Hall–Kier alpha value is -7.36. The quantitative estimate of drug-likeness (QED) is 0.155. The van der Waals surface area contributed by atoms with E-state index in [0.717, 1.165) is 0 Å². The van der Waals surface area contributed by atoms with Gasteiger partial charge in [-0.25, -0.2) is 0 Å². The highest BCUT2D eigenvalue weighted by Gasteiger charge is 2.22. The van der Waals surface area contributed by atoms with Gasteiger partial charge in [0.2, 0.25) is 0 Å². The molecule has 14 rings (SSSR count). The van der Waals surface area contributed by atoms with E-state index >= 15 is 0 Å². The second kappa shape index (κ2) is 13.1. The van der Waals surface area contributed by atoms with Crippen LogP contribution in [0, 0.1) is 0 Å². The first-order valence-corrected chi connectivity index (χ1v) is 22.9. The molecule has 0 unspecified atom stereocenters. The Labute approximate surface area is 365 Å². The number of fused-ring (bicyclic) bond motifs is 10. The third-order valence-electron chi connectivity index (χ3n) is 13.4. The zero-order chi connectivity index (χ0) is 40.5. The van der Waals surface area contributed by atoms with Crippen LogP contribution in [0.4, 0.5) is 0 Å². The topological polar surface area (TPSA) is 0 Å². The summed E-state index contributed by atoms with van der Waals surface area (Å²) >= 11 is 3.81. The predicted molar refractivity (Wildman–Crippen MR) is 273 cm³/mol. The van der Waals surface area contributed by atoms with Gasteiger partial charge in [-0.05, 0) is 135 Å². The zero-order valence-electron chi connectivity index (χ0n) is 33.4. The molecule has 0 saturated heterocycles. The minimum atomic E-state index is 1.23. The lowest BCUT2D eigenvalue weighted by molar-refractivity contribution is 1.64. The second-order valence-corrected chi connectivity index (χ2v) is 18.8. The van der Waals surface area contributed by atoms with Gasteiger partial charge in [-0.2, -0.15) is 0 Å². The fourth-order valence-electron chi connectivity index (χ4n) is 10.5. The molecule has 0 fully saturated rings. The van der Waals surface area contributed by atoms with Crippen molar-refractivity contribution in [3.8, 4) is 44.5 Å². The lowest BCUT2D eigenvalue weighted by Gasteiger charge is -2.21. The molecule has 286 valence electrons. The van der Waals surface area contributed by atoms with Crippen molar-refractivity contribution in [3.05, 3.63) is 206 Å². The van der Waals surface area contributed by atoms with E-state index in [0.29, 0.717) is 0 Å². The van der Waals surface area contributed by atoms with Gasteiger partial charge >= 0.3 is 0 Å². The molecule has 0 radical (unpaired) electrons. The maximum atomic E-state index is 2.46. The molecule has 2 heteroatoms. The number of benzene rings is 12. The van der Waals surface area contributed by atoms with E-state index < -0.39 is 0 Å². The maximum absolute atomic E-state index is 2.46. The zero-order valence-corrected chi connectivity index (χ0v) is 35.1.